The van der Waals surface area contributed by atoms with E-state index in [1.165, 1.54) is 62.5 Å². The van der Waals surface area contributed by atoms with Crippen LogP contribution in [0.5, 0.6) is 0 Å². The van der Waals surface area contributed by atoms with Crippen molar-refractivity contribution in [2.75, 3.05) is 6.61 Å². The topological polar surface area (TPSA) is 46.2 Å². The van der Waals surface area contributed by atoms with Crippen molar-refractivity contribution in [3.8, 4) is 0 Å². The number of aliphatic hydroxyl groups is 1. The van der Waals surface area contributed by atoms with Crippen molar-refractivity contribution < 1.29 is 5.11 Å². The fourth-order valence-electron chi connectivity index (χ4n) is 3.89. The van der Waals surface area contributed by atoms with E-state index < -0.39 is 0 Å². The molecule has 0 spiro atoms. The first-order valence-electron chi connectivity index (χ1n) is 9.65. The highest BCUT2D eigenvalue weighted by Crippen LogP contribution is 2.37. The Bertz CT molecular complexity index is 442. The average molecular weight is 318 g/mol. The van der Waals surface area contributed by atoms with Gasteiger partial charge in [-0.2, -0.15) is 0 Å². The maximum Gasteiger partial charge on any atom is 0.0611 e. The number of aliphatic hydroxyl groups excluding tert-OH is 1. The van der Waals surface area contributed by atoms with Gasteiger partial charge in [0.25, 0.3) is 0 Å². The SMILES string of the molecule is CCCCCCCCc1ccc(C2CCCC(N)(CO)C2)cc1. The largest absolute Gasteiger partial charge is 0.394 e. The van der Waals surface area contributed by atoms with Crippen LogP contribution in [-0.4, -0.2) is 17.3 Å². The van der Waals surface area contributed by atoms with Crippen LogP contribution in [0.3, 0.4) is 0 Å². The second-order valence-corrected chi connectivity index (χ2v) is 7.57. The van der Waals surface area contributed by atoms with Gasteiger partial charge < -0.3 is 10.8 Å². The molecule has 130 valence electrons. The Labute approximate surface area is 142 Å². The van der Waals surface area contributed by atoms with Crippen molar-refractivity contribution in [3.63, 3.8) is 0 Å². The maximum absolute atomic E-state index is 9.51. The van der Waals surface area contributed by atoms with Gasteiger partial charge in [0.2, 0.25) is 0 Å². The lowest BCUT2D eigenvalue weighted by Gasteiger charge is -2.36. The van der Waals surface area contributed by atoms with Crippen LogP contribution in [-0.2, 0) is 6.42 Å². The summed E-state index contributed by atoms with van der Waals surface area (Å²) in [6.45, 7) is 2.38. The second-order valence-electron chi connectivity index (χ2n) is 7.57. The predicted octanol–water partition coefficient (Wildman–Crippen LogP) is 4.94. The lowest BCUT2D eigenvalue weighted by molar-refractivity contribution is 0.147. The van der Waals surface area contributed by atoms with Crippen LogP contribution in [0.25, 0.3) is 0 Å². The van der Waals surface area contributed by atoms with Gasteiger partial charge in [-0.05, 0) is 49.1 Å². The first kappa shape index (κ1) is 18.5. The lowest BCUT2D eigenvalue weighted by Crippen LogP contribution is -2.47. The molecule has 0 heterocycles. The fourth-order valence-corrected chi connectivity index (χ4v) is 3.89. The van der Waals surface area contributed by atoms with E-state index in [2.05, 4.69) is 31.2 Å². The summed E-state index contributed by atoms with van der Waals surface area (Å²) in [7, 11) is 0. The van der Waals surface area contributed by atoms with E-state index in [0.717, 1.165) is 19.3 Å². The average Bonchev–Trinajstić information content (AvgIpc) is 2.58. The van der Waals surface area contributed by atoms with Gasteiger partial charge in [0.05, 0.1) is 6.61 Å². The van der Waals surface area contributed by atoms with E-state index in [-0.39, 0.29) is 12.1 Å². The molecule has 0 bridgehead atoms. The molecule has 3 N–H and O–H groups in total. The third-order valence-corrected chi connectivity index (χ3v) is 5.47. The van der Waals surface area contributed by atoms with E-state index in [0.29, 0.717) is 5.92 Å². The molecule has 0 aromatic heterocycles. The van der Waals surface area contributed by atoms with Gasteiger partial charge in [-0.15, -0.1) is 0 Å². The summed E-state index contributed by atoms with van der Waals surface area (Å²) in [6, 6.07) is 9.18. The number of rotatable bonds is 9. The quantitative estimate of drug-likeness (QED) is 0.634. The Balaban J connectivity index is 1.78. The highest BCUT2D eigenvalue weighted by molar-refractivity contribution is 5.26. The monoisotopic (exact) mass is 317 g/mol. The molecule has 23 heavy (non-hydrogen) atoms. The molecule has 1 aromatic rings. The van der Waals surface area contributed by atoms with Gasteiger partial charge in [0.1, 0.15) is 0 Å². The molecule has 2 atom stereocenters. The van der Waals surface area contributed by atoms with Gasteiger partial charge >= 0.3 is 0 Å². The number of unbranched alkanes of at least 4 members (excludes halogenated alkanes) is 5. The molecule has 2 unspecified atom stereocenters. The van der Waals surface area contributed by atoms with E-state index in [1.807, 2.05) is 0 Å². The zero-order chi connectivity index (χ0) is 16.5. The molecule has 1 aromatic carbocycles. The van der Waals surface area contributed by atoms with Gasteiger partial charge in [-0.3, -0.25) is 0 Å². The number of aryl methyl sites for hydroxylation is 1. The lowest BCUT2D eigenvalue weighted by atomic mass is 9.74. The fraction of sp³-hybridized carbons (Fsp3) is 0.714. The maximum atomic E-state index is 9.51. The summed E-state index contributed by atoms with van der Waals surface area (Å²) in [5, 5.41) is 9.51. The summed E-state index contributed by atoms with van der Waals surface area (Å²) in [4.78, 5) is 0. The van der Waals surface area contributed by atoms with Crippen molar-refractivity contribution in [2.45, 2.75) is 89.0 Å². The molecule has 0 radical (unpaired) electrons. The molecule has 1 aliphatic carbocycles. The Morgan fingerprint density at radius 1 is 1.09 bits per heavy atom. The van der Waals surface area contributed by atoms with Gasteiger partial charge in [0, 0.05) is 5.54 Å². The molecular formula is C21H35NO. The van der Waals surface area contributed by atoms with Crippen LogP contribution < -0.4 is 5.73 Å². The summed E-state index contributed by atoms with van der Waals surface area (Å²) >= 11 is 0. The highest BCUT2D eigenvalue weighted by atomic mass is 16.3. The van der Waals surface area contributed by atoms with Crippen molar-refractivity contribution in [3.05, 3.63) is 35.4 Å². The molecule has 1 fully saturated rings. The van der Waals surface area contributed by atoms with Gasteiger partial charge in [0.15, 0.2) is 0 Å². The normalized spacial score (nSPS) is 24.7. The van der Waals surface area contributed by atoms with E-state index in [9.17, 15) is 5.11 Å². The van der Waals surface area contributed by atoms with E-state index in [4.69, 9.17) is 5.73 Å². The molecule has 2 heteroatoms. The molecule has 0 amide bonds. The molecule has 2 nitrogen and oxygen atoms in total. The van der Waals surface area contributed by atoms with Crippen molar-refractivity contribution in [1.82, 2.24) is 0 Å². The van der Waals surface area contributed by atoms with Crippen LogP contribution in [0.1, 0.15) is 88.2 Å². The van der Waals surface area contributed by atoms with Crippen LogP contribution in [0, 0.1) is 0 Å². The summed E-state index contributed by atoms with van der Waals surface area (Å²) in [6.07, 6.45) is 13.5. The van der Waals surface area contributed by atoms with E-state index in [1.54, 1.807) is 0 Å². The molecule has 1 saturated carbocycles. The molecule has 1 aliphatic rings. The van der Waals surface area contributed by atoms with Crippen LogP contribution in [0.4, 0.5) is 0 Å². The van der Waals surface area contributed by atoms with Crippen LogP contribution in [0.15, 0.2) is 24.3 Å². The number of hydrogen-bond acceptors (Lipinski definition) is 2. The molecular weight excluding hydrogens is 282 g/mol. The van der Waals surface area contributed by atoms with Gasteiger partial charge in [-0.1, -0.05) is 69.7 Å². The van der Waals surface area contributed by atoms with Crippen LogP contribution in [0.2, 0.25) is 0 Å². The Hall–Kier alpha value is -0.860. The van der Waals surface area contributed by atoms with Gasteiger partial charge in [-0.25, -0.2) is 0 Å². The number of benzene rings is 1. The van der Waals surface area contributed by atoms with Crippen molar-refractivity contribution in [2.24, 2.45) is 5.73 Å². The number of nitrogens with two attached hydrogens (primary N) is 1. The Morgan fingerprint density at radius 3 is 2.48 bits per heavy atom. The third kappa shape index (κ3) is 5.93. The minimum atomic E-state index is -0.361. The Kier molecular flexibility index (Phi) is 7.58. The van der Waals surface area contributed by atoms with Crippen molar-refractivity contribution in [1.29, 1.82) is 0 Å². The Morgan fingerprint density at radius 2 is 1.78 bits per heavy atom. The van der Waals surface area contributed by atoms with E-state index >= 15 is 0 Å². The highest BCUT2D eigenvalue weighted by Gasteiger charge is 2.32. The summed E-state index contributed by atoms with van der Waals surface area (Å²) in [5.41, 5.74) is 8.78. The van der Waals surface area contributed by atoms with Crippen molar-refractivity contribution >= 4 is 0 Å². The zero-order valence-corrected chi connectivity index (χ0v) is 14.9. The first-order valence-corrected chi connectivity index (χ1v) is 9.65. The molecule has 2 rings (SSSR count). The van der Waals surface area contributed by atoms with Crippen LogP contribution >= 0.6 is 0 Å². The molecule has 0 saturated heterocycles. The first-order chi connectivity index (χ1) is 11.2. The second kappa shape index (κ2) is 9.44. The molecule has 0 aliphatic heterocycles. The summed E-state index contributed by atoms with van der Waals surface area (Å²) < 4.78 is 0. The number of hydrogen-bond donors (Lipinski definition) is 2. The smallest absolute Gasteiger partial charge is 0.0611 e. The summed E-state index contributed by atoms with van der Waals surface area (Å²) in [5.74, 6) is 0.518. The third-order valence-electron chi connectivity index (χ3n) is 5.47. The standard InChI is InChI=1S/C21H35NO/c1-2-3-4-5-6-7-9-18-11-13-19(14-12-18)20-10-8-15-21(22,16-20)17-23/h11-14,20,23H,2-10,15-17,22H2,1H3. The minimum Gasteiger partial charge on any atom is -0.394 e. The predicted molar refractivity (Wildman–Crippen MR) is 98.7 cm³/mol. The minimum absolute atomic E-state index is 0.111. The zero-order valence-electron chi connectivity index (χ0n) is 14.9.